The Morgan fingerprint density at radius 1 is 0.537 bits per heavy atom. The summed E-state index contributed by atoms with van der Waals surface area (Å²) in [6.45, 7) is 7.01. The zero-order valence-corrected chi connectivity index (χ0v) is 31.0. The fourth-order valence-corrected chi connectivity index (χ4v) is 8.97. The maximum absolute atomic E-state index is 2.42. The highest BCUT2D eigenvalue weighted by molar-refractivity contribution is 6.10. The summed E-state index contributed by atoms with van der Waals surface area (Å²) < 4.78 is 2.37. The first-order valence-corrected chi connectivity index (χ1v) is 19.2. The Morgan fingerprint density at radius 3 is 1.94 bits per heavy atom. The first-order chi connectivity index (χ1) is 26.4. The zero-order valence-electron chi connectivity index (χ0n) is 31.0. The van der Waals surface area contributed by atoms with Crippen LogP contribution in [0.2, 0.25) is 0 Å². The van der Waals surface area contributed by atoms with Gasteiger partial charge in [-0.15, -0.1) is 0 Å². The molecule has 0 bridgehead atoms. The van der Waals surface area contributed by atoms with E-state index >= 15 is 0 Å². The van der Waals surface area contributed by atoms with Crippen molar-refractivity contribution in [1.29, 1.82) is 0 Å². The Bertz CT molecular complexity index is 2760. The Morgan fingerprint density at radius 2 is 1.17 bits per heavy atom. The van der Waals surface area contributed by atoms with E-state index in [-0.39, 0.29) is 5.41 Å². The number of para-hydroxylation sites is 2. The maximum atomic E-state index is 2.42. The van der Waals surface area contributed by atoms with Gasteiger partial charge in [-0.25, -0.2) is 0 Å². The summed E-state index contributed by atoms with van der Waals surface area (Å²) >= 11 is 0. The number of allylic oxidation sites excluding steroid dienone is 4. The molecule has 2 nitrogen and oxygen atoms in total. The number of aromatic nitrogens is 1. The molecule has 0 radical (unpaired) electrons. The van der Waals surface area contributed by atoms with E-state index < -0.39 is 0 Å². The van der Waals surface area contributed by atoms with Crippen LogP contribution in [0.1, 0.15) is 43.9 Å². The fraction of sp³-hybridized carbons (Fsp3) is 0.115. The average Bonchev–Trinajstić information content (AvgIpc) is 3.67. The number of rotatable bonds is 6. The lowest BCUT2D eigenvalue weighted by molar-refractivity contribution is 0.660. The Hall–Kier alpha value is -6.38. The van der Waals surface area contributed by atoms with Gasteiger partial charge in [-0.05, 0) is 124 Å². The minimum absolute atomic E-state index is 0.0821. The van der Waals surface area contributed by atoms with Crippen molar-refractivity contribution in [3.63, 3.8) is 0 Å². The van der Waals surface area contributed by atoms with Crippen molar-refractivity contribution in [1.82, 2.24) is 4.57 Å². The topological polar surface area (TPSA) is 8.17 Å². The first-order valence-electron chi connectivity index (χ1n) is 19.2. The SMILES string of the molecule is CC1C=CC=C(c2ccc(N(c3ccc(-c4ccc5c(c4)c4ccccc4n5-c4ccccc4)cc3)c3ccc4c(c3)C(C)(C)c3ccccc3-4)cc2)C1. The highest BCUT2D eigenvalue weighted by atomic mass is 15.1. The molecule has 8 aromatic rings. The van der Waals surface area contributed by atoms with E-state index in [1.165, 1.54) is 77.7 Å². The van der Waals surface area contributed by atoms with Gasteiger partial charge in [0.15, 0.2) is 0 Å². The largest absolute Gasteiger partial charge is 0.310 e. The first kappa shape index (κ1) is 32.3. The molecular formula is C52H42N2. The zero-order chi connectivity index (χ0) is 36.4. The Kier molecular flexibility index (Phi) is 7.56. The molecule has 0 saturated heterocycles. The molecule has 7 aromatic carbocycles. The van der Waals surface area contributed by atoms with E-state index in [2.05, 4.69) is 212 Å². The smallest absolute Gasteiger partial charge is 0.0541 e. The lowest BCUT2D eigenvalue weighted by atomic mass is 9.82. The van der Waals surface area contributed by atoms with E-state index in [0.717, 1.165) is 17.8 Å². The van der Waals surface area contributed by atoms with Crippen molar-refractivity contribution < 1.29 is 0 Å². The molecule has 0 aliphatic heterocycles. The van der Waals surface area contributed by atoms with Gasteiger partial charge in [-0.2, -0.15) is 0 Å². The Labute approximate surface area is 318 Å². The summed E-state index contributed by atoms with van der Waals surface area (Å²) in [6, 6.07) is 60.5. The van der Waals surface area contributed by atoms with Gasteiger partial charge in [0.1, 0.15) is 0 Å². The summed E-state index contributed by atoms with van der Waals surface area (Å²) in [5.74, 6) is 0.557. The van der Waals surface area contributed by atoms with Crippen LogP contribution in [0.5, 0.6) is 0 Å². The van der Waals surface area contributed by atoms with E-state index in [9.17, 15) is 0 Å². The third-order valence-corrected chi connectivity index (χ3v) is 11.7. The number of nitrogens with zero attached hydrogens (tertiary/aromatic N) is 2. The molecule has 0 fully saturated rings. The highest BCUT2D eigenvalue weighted by Crippen LogP contribution is 2.50. The fourth-order valence-electron chi connectivity index (χ4n) is 8.97. The van der Waals surface area contributed by atoms with Crippen LogP contribution in [-0.4, -0.2) is 4.57 Å². The van der Waals surface area contributed by atoms with Gasteiger partial charge in [-0.1, -0.05) is 136 Å². The lowest BCUT2D eigenvalue weighted by Gasteiger charge is -2.28. The summed E-state index contributed by atoms with van der Waals surface area (Å²) in [5, 5.41) is 2.53. The van der Waals surface area contributed by atoms with Gasteiger partial charge in [-0.3, -0.25) is 0 Å². The maximum Gasteiger partial charge on any atom is 0.0541 e. The summed E-state index contributed by atoms with van der Waals surface area (Å²) in [5.41, 5.74) is 17.5. The van der Waals surface area contributed by atoms with Crippen molar-refractivity contribution in [3.05, 3.63) is 199 Å². The molecule has 0 saturated carbocycles. The van der Waals surface area contributed by atoms with E-state index in [4.69, 9.17) is 0 Å². The van der Waals surface area contributed by atoms with Crippen molar-refractivity contribution >= 4 is 44.4 Å². The second kappa shape index (κ2) is 12.6. The van der Waals surface area contributed by atoms with Gasteiger partial charge in [0.25, 0.3) is 0 Å². The van der Waals surface area contributed by atoms with Gasteiger partial charge in [0.05, 0.1) is 11.0 Å². The lowest BCUT2D eigenvalue weighted by Crippen LogP contribution is -2.16. The van der Waals surface area contributed by atoms with Crippen LogP contribution in [0.3, 0.4) is 0 Å². The van der Waals surface area contributed by atoms with E-state index in [0.29, 0.717) is 5.92 Å². The van der Waals surface area contributed by atoms with Gasteiger partial charge < -0.3 is 9.47 Å². The predicted molar refractivity (Wildman–Crippen MR) is 229 cm³/mol. The molecule has 1 unspecified atom stereocenters. The average molecular weight is 695 g/mol. The molecule has 0 N–H and O–H groups in total. The van der Waals surface area contributed by atoms with Crippen molar-refractivity contribution in [3.8, 4) is 27.9 Å². The van der Waals surface area contributed by atoms with Crippen LogP contribution in [0.25, 0.3) is 55.3 Å². The summed E-state index contributed by atoms with van der Waals surface area (Å²) in [4.78, 5) is 2.42. The molecule has 2 heteroatoms. The van der Waals surface area contributed by atoms with Crippen molar-refractivity contribution in [2.45, 2.75) is 32.6 Å². The molecule has 0 spiro atoms. The number of anilines is 3. The van der Waals surface area contributed by atoms with Crippen LogP contribution < -0.4 is 4.90 Å². The molecule has 1 aromatic heterocycles. The van der Waals surface area contributed by atoms with Crippen LogP contribution >= 0.6 is 0 Å². The standard InChI is InChI=1S/C52H42N2/c1-35-12-11-13-38(32-35)36-20-25-41(26-21-36)53(43-29-30-45-44-16-7-9-18-48(44)52(2,3)49(45)34-43)42-27-22-37(23-28-42)39-24-31-51-47(33-39)46-17-8-10-19-50(46)54(51)40-14-5-4-6-15-40/h4-31,33-35H,32H2,1-3H3. The third-order valence-electron chi connectivity index (χ3n) is 11.7. The molecule has 2 aliphatic rings. The number of benzene rings is 7. The number of hydrogen-bond donors (Lipinski definition) is 0. The predicted octanol–water partition coefficient (Wildman–Crippen LogP) is 14.2. The van der Waals surface area contributed by atoms with Crippen LogP contribution in [0.4, 0.5) is 17.1 Å². The van der Waals surface area contributed by atoms with Crippen LogP contribution in [-0.2, 0) is 5.41 Å². The van der Waals surface area contributed by atoms with Gasteiger partial charge in [0.2, 0.25) is 0 Å². The second-order valence-corrected chi connectivity index (χ2v) is 15.5. The molecule has 1 atom stereocenters. The molecule has 2 aliphatic carbocycles. The van der Waals surface area contributed by atoms with E-state index in [1.807, 2.05) is 0 Å². The molecule has 10 rings (SSSR count). The van der Waals surface area contributed by atoms with E-state index in [1.54, 1.807) is 0 Å². The monoisotopic (exact) mass is 694 g/mol. The molecule has 54 heavy (non-hydrogen) atoms. The molecular weight excluding hydrogens is 653 g/mol. The normalized spacial score (nSPS) is 15.6. The van der Waals surface area contributed by atoms with Gasteiger partial charge >= 0.3 is 0 Å². The molecule has 1 heterocycles. The van der Waals surface area contributed by atoms with Crippen LogP contribution in [0.15, 0.2) is 182 Å². The van der Waals surface area contributed by atoms with Crippen molar-refractivity contribution in [2.24, 2.45) is 5.92 Å². The third kappa shape index (κ3) is 5.24. The van der Waals surface area contributed by atoms with Crippen molar-refractivity contribution in [2.75, 3.05) is 4.90 Å². The highest BCUT2D eigenvalue weighted by Gasteiger charge is 2.35. The quantitative estimate of drug-likeness (QED) is 0.168. The number of hydrogen-bond acceptors (Lipinski definition) is 1. The minimum atomic E-state index is -0.0821. The number of fused-ring (bicyclic) bond motifs is 6. The Balaban J connectivity index is 1.06. The summed E-state index contributed by atoms with van der Waals surface area (Å²) in [6.07, 6.45) is 7.83. The summed E-state index contributed by atoms with van der Waals surface area (Å²) in [7, 11) is 0. The van der Waals surface area contributed by atoms with Crippen LogP contribution in [0, 0.1) is 5.92 Å². The molecule has 260 valence electrons. The minimum Gasteiger partial charge on any atom is -0.310 e. The second-order valence-electron chi connectivity index (χ2n) is 15.5. The molecule has 0 amide bonds. The van der Waals surface area contributed by atoms with Gasteiger partial charge in [0, 0.05) is 38.9 Å².